The maximum Gasteiger partial charge on any atom is 1.00 e. The fraction of sp³-hybridized carbons (Fsp3) is 0.944. The van der Waals surface area contributed by atoms with Gasteiger partial charge < -0.3 is 15.0 Å². The quantitative estimate of drug-likeness (QED) is 0.419. The molecule has 0 aliphatic heterocycles. The van der Waals surface area contributed by atoms with Crippen LogP contribution in [0.4, 0.5) is 0 Å². The van der Waals surface area contributed by atoms with Crippen LogP contribution < -0.4 is 34.7 Å². The predicted molar refractivity (Wildman–Crippen MR) is 83.7 cm³/mol. The van der Waals surface area contributed by atoms with E-state index in [0.29, 0.717) is 5.92 Å². The zero-order valence-corrected chi connectivity index (χ0v) is 16.7. The molecule has 3 atom stereocenters. The van der Waals surface area contributed by atoms with Crippen LogP contribution in [0.1, 0.15) is 90.4 Å². The largest absolute Gasteiger partial charge is 1.00 e. The first kappa shape index (κ1) is 22.4. The van der Waals surface area contributed by atoms with Crippen molar-refractivity contribution < 1.29 is 44.6 Å². The smallest absolute Gasteiger partial charge is 0.550 e. The van der Waals surface area contributed by atoms with Gasteiger partial charge in [-0.25, -0.2) is 0 Å². The zero-order chi connectivity index (χ0) is 15.5. The first-order valence-electron chi connectivity index (χ1n) is 9.03. The number of aliphatic hydroxyl groups excluding tert-OH is 1. The summed E-state index contributed by atoms with van der Waals surface area (Å²) in [6.07, 6.45) is 13.8. The molecule has 3 unspecified atom stereocenters. The van der Waals surface area contributed by atoms with Gasteiger partial charge in [-0.05, 0) is 43.9 Å². The maximum atomic E-state index is 10.3. The Morgan fingerprint density at radius 3 is 2.32 bits per heavy atom. The van der Waals surface area contributed by atoms with E-state index in [0.717, 1.165) is 44.4 Å². The second kappa shape index (κ2) is 13.8. The molecule has 0 aromatic carbocycles. The number of rotatable bonds is 12. The molecule has 1 fully saturated rings. The number of carboxylic acids is 1. The Kier molecular flexibility index (Phi) is 14.1. The van der Waals surface area contributed by atoms with Crippen LogP contribution in [0, 0.1) is 11.8 Å². The van der Waals surface area contributed by atoms with Gasteiger partial charge in [-0.1, -0.05) is 58.3 Å². The summed E-state index contributed by atoms with van der Waals surface area (Å²) in [5.41, 5.74) is 0. The summed E-state index contributed by atoms with van der Waals surface area (Å²) in [6.45, 7) is 2.24. The summed E-state index contributed by atoms with van der Waals surface area (Å²) >= 11 is 0. The normalized spacial score (nSPS) is 24.2. The van der Waals surface area contributed by atoms with E-state index < -0.39 is 5.97 Å². The average Bonchev–Trinajstić information content (AvgIpc) is 2.79. The Balaban J connectivity index is 0.00000441. The van der Waals surface area contributed by atoms with Crippen molar-refractivity contribution in [3.63, 3.8) is 0 Å². The fourth-order valence-corrected chi connectivity index (χ4v) is 3.75. The van der Waals surface area contributed by atoms with Crippen LogP contribution in [0.5, 0.6) is 0 Å². The van der Waals surface area contributed by atoms with Gasteiger partial charge in [0.2, 0.25) is 0 Å². The molecule has 124 valence electrons. The Morgan fingerprint density at radius 2 is 1.64 bits per heavy atom. The van der Waals surface area contributed by atoms with Crippen molar-refractivity contribution in [2.75, 3.05) is 0 Å². The third-order valence-electron chi connectivity index (χ3n) is 5.03. The Labute approximate surface area is 158 Å². The minimum atomic E-state index is -0.937. The van der Waals surface area contributed by atoms with Crippen LogP contribution in [-0.4, -0.2) is 17.2 Å². The van der Waals surface area contributed by atoms with Crippen LogP contribution in [0.15, 0.2) is 0 Å². The average molecular weight is 320 g/mol. The van der Waals surface area contributed by atoms with Crippen molar-refractivity contribution in [2.24, 2.45) is 11.8 Å². The number of hydrogen-bond donors (Lipinski definition) is 1. The molecule has 0 radical (unpaired) electrons. The first-order valence-corrected chi connectivity index (χ1v) is 9.03. The van der Waals surface area contributed by atoms with Gasteiger partial charge in [-0.2, -0.15) is 0 Å². The van der Waals surface area contributed by atoms with Crippen molar-refractivity contribution in [1.29, 1.82) is 0 Å². The van der Waals surface area contributed by atoms with Crippen molar-refractivity contribution >= 4 is 5.97 Å². The van der Waals surface area contributed by atoms with Crippen LogP contribution >= 0.6 is 0 Å². The molecule has 22 heavy (non-hydrogen) atoms. The molecule has 3 nitrogen and oxygen atoms in total. The number of aliphatic hydroxyl groups is 1. The van der Waals surface area contributed by atoms with E-state index >= 15 is 0 Å². The van der Waals surface area contributed by atoms with Crippen LogP contribution in [-0.2, 0) is 4.79 Å². The molecule has 0 spiro atoms. The molecule has 0 heterocycles. The fourth-order valence-electron chi connectivity index (χ4n) is 3.75. The number of unbranched alkanes of at least 4 members (excludes halogenated alkanes) is 6. The third-order valence-corrected chi connectivity index (χ3v) is 5.03. The molecule has 0 bridgehead atoms. The first-order chi connectivity index (χ1) is 10.1. The number of aliphatic carboxylic acids is 1. The Bertz CT molecular complexity index is 284. The SMILES string of the molecule is CCCCCCC1CCC(O)C1CCCCCCC(=O)[O-].[Na+]. The molecule has 4 heteroatoms. The number of carbonyl (C=O) groups excluding carboxylic acids is 1. The maximum absolute atomic E-state index is 10.3. The topological polar surface area (TPSA) is 60.4 Å². The van der Waals surface area contributed by atoms with Gasteiger partial charge in [-0.15, -0.1) is 0 Å². The van der Waals surface area contributed by atoms with E-state index in [1.165, 1.54) is 38.5 Å². The van der Waals surface area contributed by atoms with E-state index in [-0.39, 0.29) is 42.1 Å². The van der Waals surface area contributed by atoms with Crippen LogP contribution in [0.2, 0.25) is 0 Å². The standard InChI is InChI=1S/C18H34O3.Na/c1-2-3-4-7-10-15-13-14-17(19)16(15)11-8-5-6-9-12-18(20)21;/h15-17,19H,2-14H2,1H3,(H,20,21);/q;+1/p-1. The predicted octanol–water partition coefficient (Wildman–Crippen LogP) is 0.438. The van der Waals surface area contributed by atoms with Crippen molar-refractivity contribution in [2.45, 2.75) is 96.5 Å². The van der Waals surface area contributed by atoms with E-state index in [2.05, 4.69) is 6.92 Å². The number of hydrogen-bond acceptors (Lipinski definition) is 3. The van der Waals surface area contributed by atoms with Crippen molar-refractivity contribution in [3.05, 3.63) is 0 Å². The molecule has 1 N–H and O–H groups in total. The summed E-state index contributed by atoms with van der Waals surface area (Å²) in [5, 5.41) is 20.5. The summed E-state index contributed by atoms with van der Waals surface area (Å²) in [7, 11) is 0. The van der Waals surface area contributed by atoms with Gasteiger partial charge >= 0.3 is 29.6 Å². The monoisotopic (exact) mass is 320 g/mol. The Morgan fingerprint density at radius 1 is 1.00 bits per heavy atom. The molecule has 0 aromatic heterocycles. The molecule has 1 aliphatic carbocycles. The second-order valence-corrected chi connectivity index (χ2v) is 6.74. The second-order valence-electron chi connectivity index (χ2n) is 6.74. The van der Waals surface area contributed by atoms with Gasteiger partial charge in [-0.3, -0.25) is 0 Å². The van der Waals surface area contributed by atoms with Crippen LogP contribution in [0.25, 0.3) is 0 Å². The van der Waals surface area contributed by atoms with Gasteiger partial charge in [0, 0.05) is 5.97 Å². The van der Waals surface area contributed by atoms with Crippen LogP contribution in [0.3, 0.4) is 0 Å². The third kappa shape index (κ3) is 9.54. The van der Waals surface area contributed by atoms with E-state index in [4.69, 9.17) is 0 Å². The zero-order valence-electron chi connectivity index (χ0n) is 14.7. The number of carbonyl (C=O) groups is 1. The molecular formula is C18H33NaO3. The summed E-state index contributed by atoms with van der Waals surface area (Å²) in [6, 6.07) is 0. The van der Waals surface area contributed by atoms with Gasteiger partial charge in [0.15, 0.2) is 0 Å². The van der Waals surface area contributed by atoms with E-state index in [9.17, 15) is 15.0 Å². The summed E-state index contributed by atoms with van der Waals surface area (Å²) in [4.78, 5) is 10.3. The molecule has 0 amide bonds. The minimum absolute atomic E-state index is 0. The minimum Gasteiger partial charge on any atom is -0.550 e. The number of carboxylic acid groups (broad SMARTS) is 1. The summed E-state index contributed by atoms with van der Waals surface area (Å²) < 4.78 is 0. The molecule has 1 aliphatic rings. The van der Waals surface area contributed by atoms with Gasteiger partial charge in [0.25, 0.3) is 0 Å². The van der Waals surface area contributed by atoms with E-state index in [1.54, 1.807) is 0 Å². The van der Waals surface area contributed by atoms with Gasteiger partial charge in [0.05, 0.1) is 6.10 Å². The molecule has 1 rings (SSSR count). The van der Waals surface area contributed by atoms with E-state index in [1.807, 2.05) is 0 Å². The molecule has 0 saturated heterocycles. The molecular weight excluding hydrogens is 287 g/mol. The van der Waals surface area contributed by atoms with Gasteiger partial charge in [0.1, 0.15) is 0 Å². The Hall–Kier alpha value is 0.430. The van der Waals surface area contributed by atoms with Crippen molar-refractivity contribution in [3.8, 4) is 0 Å². The molecule has 0 aromatic rings. The van der Waals surface area contributed by atoms with Crippen molar-refractivity contribution in [1.82, 2.24) is 0 Å². The summed E-state index contributed by atoms with van der Waals surface area (Å²) in [5.74, 6) is 0.279. The molecule has 1 saturated carbocycles.